The van der Waals surface area contributed by atoms with Crippen LogP contribution in [-0.2, 0) is 0 Å². The van der Waals surface area contributed by atoms with Crippen LogP contribution >= 0.6 is 11.8 Å². The van der Waals surface area contributed by atoms with E-state index in [4.69, 9.17) is 0 Å². The second kappa shape index (κ2) is 9.74. The Balaban J connectivity index is 1.77. The highest BCUT2D eigenvalue weighted by Crippen LogP contribution is 2.27. The molecule has 134 valence electrons. The predicted molar refractivity (Wildman–Crippen MR) is 100 cm³/mol. The van der Waals surface area contributed by atoms with Crippen molar-refractivity contribution in [2.75, 3.05) is 44.2 Å². The number of likely N-dealkylation sites (tertiary alicyclic amines) is 1. The average Bonchev–Trinajstić information content (AvgIpc) is 3.00. The Morgan fingerprint density at radius 2 is 2.22 bits per heavy atom. The number of hydrogen-bond donors (Lipinski definition) is 3. The molecule has 2 atom stereocenters. The van der Waals surface area contributed by atoms with Crippen LogP contribution in [0, 0.1) is 0 Å². The summed E-state index contributed by atoms with van der Waals surface area (Å²) in [6.45, 7) is 8.93. The summed E-state index contributed by atoms with van der Waals surface area (Å²) >= 11 is 1.82. The largest absolute Gasteiger partial charge is 0.387 e. The molecular weight excluding hydrogens is 308 g/mol. The quantitative estimate of drug-likeness (QED) is 0.485. The molecule has 2 saturated heterocycles. The molecule has 2 aliphatic heterocycles. The van der Waals surface area contributed by atoms with Gasteiger partial charge in [0.15, 0.2) is 5.96 Å². The van der Waals surface area contributed by atoms with Crippen LogP contribution in [0.5, 0.6) is 0 Å². The van der Waals surface area contributed by atoms with Gasteiger partial charge in [-0.25, -0.2) is 0 Å². The van der Waals surface area contributed by atoms with Crippen molar-refractivity contribution >= 4 is 17.7 Å². The van der Waals surface area contributed by atoms with E-state index in [2.05, 4.69) is 34.4 Å². The van der Waals surface area contributed by atoms with Crippen molar-refractivity contribution in [3.05, 3.63) is 0 Å². The molecule has 0 aromatic rings. The number of hydrogen-bond acceptors (Lipinski definition) is 4. The Labute approximate surface area is 145 Å². The average molecular weight is 343 g/mol. The van der Waals surface area contributed by atoms with Crippen LogP contribution in [0.1, 0.15) is 46.0 Å². The van der Waals surface area contributed by atoms with Crippen LogP contribution in [0.2, 0.25) is 0 Å². The lowest BCUT2D eigenvalue weighted by atomic mass is 10.0. The van der Waals surface area contributed by atoms with Gasteiger partial charge in [-0.1, -0.05) is 13.3 Å². The van der Waals surface area contributed by atoms with E-state index in [1.165, 1.54) is 32.2 Å². The summed E-state index contributed by atoms with van der Waals surface area (Å²) in [7, 11) is 0. The Hall–Kier alpha value is -0.460. The number of nitrogens with zero attached hydrogens (tertiary/aromatic N) is 2. The van der Waals surface area contributed by atoms with Crippen molar-refractivity contribution in [2.24, 2.45) is 4.99 Å². The monoisotopic (exact) mass is 342 g/mol. The first-order chi connectivity index (χ1) is 11.2. The fourth-order valence-corrected chi connectivity index (χ4v) is 4.71. The van der Waals surface area contributed by atoms with Gasteiger partial charge in [-0.15, -0.1) is 0 Å². The van der Waals surface area contributed by atoms with Crippen LogP contribution < -0.4 is 10.6 Å². The molecule has 2 heterocycles. The zero-order chi connectivity index (χ0) is 16.5. The van der Waals surface area contributed by atoms with Crippen molar-refractivity contribution in [3.8, 4) is 0 Å². The highest BCUT2D eigenvalue weighted by Gasteiger charge is 2.31. The van der Waals surface area contributed by atoms with Gasteiger partial charge in [0.05, 0.1) is 12.1 Å². The van der Waals surface area contributed by atoms with E-state index in [1.807, 2.05) is 11.8 Å². The molecule has 0 radical (unpaired) electrons. The lowest BCUT2D eigenvalue weighted by Gasteiger charge is -2.35. The second-order valence-corrected chi connectivity index (χ2v) is 7.85. The number of guanidine groups is 1. The number of nitrogens with one attached hydrogen (secondary N) is 2. The minimum absolute atomic E-state index is 0.497. The highest BCUT2D eigenvalue weighted by molar-refractivity contribution is 7.99. The van der Waals surface area contributed by atoms with Crippen molar-refractivity contribution < 1.29 is 5.11 Å². The van der Waals surface area contributed by atoms with Crippen molar-refractivity contribution in [3.63, 3.8) is 0 Å². The first kappa shape index (κ1) is 18.9. The highest BCUT2D eigenvalue weighted by atomic mass is 32.2. The van der Waals surface area contributed by atoms with Gasteiger partial charge in [-0.3, -0.25) is 9.89 Å². The summed E-state index contributed by atoms with van der Waals surface area (Å²) in [4.78, 5) is 7.21. The van der Waals surface area contributed by atoms with Gasteiger partial charge in [-0.05, 0) is 44.9 Å². The number of piperidine rings is 1. The van der Waals surface area contributed by atoms with Gasteiger partial charge in [-0.2, -0.15) is 11.8 Å². The van der Waals surface area contributed by atoms with Gasteiger partial charge in [0, 0.05) is 31.4 Å². The Bertz CT molecular complexity index is 372. The third-order valence-corrected chi connectivity index (χ3v) is 6.10. The molecule has 0 saturated carbocycles. The minimum Gasteiger partial charge on any atom is -0.387 e. The summed E-state index contributed by atoms with van der Waals surface area (Å²) < 4.78 is 0. The predicted octanol–water partition coefficient (Wildman–Crippen LogP) is 1.67. The number of thioether (sulfide) groups is 1. The third kappa shape index (κ3) is 6.16. The molecule has 0 aromatic carbocycles. The van der Waals surface area contributed by atoms with Gasteiger partial charge >= 0.3 is 0 Å². The molecule has 2 aliphatic rings. The summed E-state index contributed by atoms with van der Waals surface area (Å²) in [5, 5.41) is 17.1. The van der Waals surface area contributed by atoms with Crippen molar-refractivity contribution in [2.45, 2.75) is 57.6 Å². The van der Waals surface area contributed by atoms with Gasteiger partial charge in [0.1, 0.15) is 0 Å². The summed E-state index contributed by atoms with van der Waals surface area (Å²) in [6.07, 6.45) is 6.15. The lowest BCUT2D eigenvalue weighted by molar-refractivity contribution is 0.0778. The third-order valence-electron chi connectivity index (χ3n) is 4.87. The summed E-state index contributed by atoms with van der Waals surface area (Å²) in [5.41, 5.74) is -0.604. The summed E-state index contributed by atoms with van der Waals surface area (Å²) in [6, 6.07) is 0.751. The van der Waals surface area contributed by atoms with Crippen LogP contribution in [-0.4, -0.2) is 71.8 Å². The van der Waals surface area contributed by atoms with E-state index >= 15 is 0 Å². The molecule has 0 amide bonds. The molecule has 3 N–H and O–H groups in total. The standard InChI is InChI=1S/C17H34N4OS/c1-3-15-7-5-6-10-21(15)11-9-19-16(18-4-2)20-13-17(22)8-12-23-14-17/h15,22H,3-14H2,1-2H3,(H2,18,19,20). The summed E-state index contributed by atoms with van der Waals surface area (Å²) in [5.74, 6) is 2.69. The first-order valence-electron chi connectivity index (χ1n) is 9.23. The van der Waals surface area contributed by atoms with Crippen LogP contribution in [0.15, 0.2) is 4.99 Å². The van der Waals surface area contributed by atoms with Gasteiger partial charge in [0.2, 0.25) is 0 Å². The maximum atomic E-state index is 10.4. The molecule has 23 heavy (non-hydrogen) atoms. The molecule has 0 aromatic heterocycles. The first-order valence-corrected chi connectivity index (χ1v) is 10.4. The smallest absolute Gasteiger partial charge is 0.191 e. The fourth-order valence-electron chi connectivity index (χ4n) is 3.42. The molecule has 2 rings (SSSR count). The van der Waals surface area contributed by atoms with Gasteiger partial charge in [0.25, 0.3) is 0 Å². The SMILES string of the molecule is CCNC(=NCC1(O)CCSC1)NCCN1CCCCC1CC. The zero-order valence-electron chi connectivity index (χ0n) is 14.8. The number of aliphatic imine (C=N–C) groups is 1. The van der Waals surface area contributed by atoms with Crippen LogP contribution in [0.4, 0.5) is 0 Å². The number of rotatable bonds is 7. The maximum absolute atomic E-state index is 10.4. The molecule has 2 fully saturated rings. The fraction of sp³-hybridized carbons (Fsp3) is 0.941. The lowest BCUT2D eigenvalue weighted by Crippen LogP contribution is -2.46. The van der Waals surface area contributed by atoms with Crippen LogP contribution in [0.25, 0.3) is 0 Å². The molecular formula is C17H34N4OS. The zero-order valence-corrected chi connectivity index (χ0v) is 15.6. The van der Waals surface area contributed by atoms with E-state index < -0.39 is 5.60 Å². The van der Waals surface area contributed by atoms with E-state index in [-0.39, 0.29) is 0 Å². The molecule has 0 aliphatic carbocycles. The Morgan fingerprint density at radius 3 is 2.91 bits per heavy atom. The van der Waals surface area contributed by atoms with E-state index in [9.17, 15) is 5.11 Å². The van der Waals surface area contributed by atoms with Crippen LogP contribution in [0.3, 0.4) is 0 Å². The van der Waals surface area contributed by atoms with Crippen molar-refractivity contribution in [1.82, 2.24) is 15.5 Å². The molecule has 0 spiro atoms. The Kier molecular flexibility index (Phi) is 7.99. The second-order valence-electron chi connectivity index (χ2n) is 6.74. The number of aliphatic hydroxyl groups is 1. The molecule has 0 bridgehead atoms. The Morgan fingerprint density at radius 1 is 1.35 bits per heavy atom. The normalized spacial score (nSPS) is 29.7. The van der Waals surface area contributed by atoms with Crippen molar-refractivity contribution in [1.29, 1.82) is 0 Å². The maximum Gasteiger partial charge on any atom is 0.191 e. The molecule has 5 nitrogen and oxygen atoms in total. The topological polar surface area (TPSA) is 59.9 Å². The minimum atomic E-state index is -0.604. The molecule has 6 heteroatoms. The van der Waals surface area contributed by atoms with Gasteiger partial charge < -0.3 is 15.7 Å². The van der Waals surface area contributed by atoms with E-state index in [0.717, 1.165) is 49.6 Å². The van der Waals surface area contributed by atoms with E-state index in [0.29, 0.717) is 6.54 Å². The molecule has 2 unspecified atom stereocenters. The van der Waals surface area contributed by atoms with E-state index in [1.54, 1.807) is 0 Å².